The SMILES string of the molecule is Cc1cc(NC(=S)NC[C@H]2CCCO2)cc(C(F)(F)F)c1. The second kappa shape index (κ2) is 6.62. The maximum absolute atomic E-state index is 12.7. The molecule has 2 rings (SSSR count). The molecular formula is C14H17F3N2OS. The molecule has 0 amide bonds. The molecule has 1 aromatic carbocycles. The molecule has 0 aromatic heterocycles. The molecule has 1 fully saturated rings. The molecule has 116 valence electrons. The summed E-state index contributed by atoms with van der Waals surface area (Å²) in [6, 6.07) is 3.77. The number of nitrogens with one attached hydrogen (secondary N) is 2. The molecule has 0 unspecified atom stereocenters. The summed E-state index contributed by atoms with van der Waals surface area (Å²) in [6.45, 7) is 2.92. The van der Waals surface area contributed by atoms with Gasteiger partial charge in [-0.3, -0.25) is 0 Å². The van der Waals surface area contributed by atoms with E-state index in [4.69, 9.17) is 17.0 Å². The second-order valence-electron chi connectivity index (χ2n) is 5.06. The molecule has 1 saturated heterocycles. The fourth-order valence-electron chi connectivity index (χ4n) is 2.21. The Morgan fingerprint density at radius 3 is 2.76 bits per heavy atom. The lowest BCUT2D eigenvalue weighted by atomic mass is 10.1. The number of halogens is 3. The predicted octanol–water partition coefficient (Wildman–Crippen LogP) is 3.48. The zero-order valence-corrected chi connectivity index (χ0v) is 12.4. The van der Waals surface area contributed by atoms with Gasteiger partial charge >= 0.3 is 6.18 Å². The van der Waals surface area contributed by atoms with E-state index in [1.54, 1.807) is 13.0 Å². The molecule has 1 atom stereocenters. The number of alkyl halides is 3. The molecule has 1 aliphatic heterocycles. The monoisotopic (exact) mass is 318 g/mol. The third-order valence-electron chi connectivity index (χ3n) is 3.18. The van der Waals surface area contributed by atoms with Gasteiger partial charge in [0, 0.05) is 18.8 Å². The van der Waals surface area contributed by atoms with E-state index in [1.165, 1.54) is 0 Å². The average molecular weight is 318 g/mol. The van der Waals surface area contributed by atoms with Crippen molar-refractivity contribution in [2.75, 3.05) is 18.5 Å². The number of anilines is 1. The molecular weight excluding hydrogens is 301 g/mol. The van der Waals surface area contributed by atoms with Gasteiger partial charge in [-0.15, -0.1) is 0 Å². The summed E-state index contributed by atoms with van der Waals surface area (Å²) in [4.78, 5) is 0. The van der Waals surface area contributed by atoms with Gasteiger partial charge in [-0.05, 0) is 55.7 Å². The van der Waals surface area contributed by atoms with Crippen LogP contribution < -0.4 is 10.6 Å². The first kappa shape index (κ1) is 16.0. The minimum absolute atomic E-state index is 0.119. The predicted molar refractivity (Wildman–Crippen MR) is 79.4 cm³/mol. The number of hydrogen-bond donors (Lipinski definition) is 2. The summed E-state index contributed by atoms with van der Waals surface area (Å²) in [5.41, 5.74) is 0.161. The van der Waals surface area contributed by atoms with Crippen molar-refractivity contribution in [3.8, 4) is 0 Å². The molecule has 0 radical (unpaired) electrons. The molecule has 0 saturated carbocycles. The van der Waals surface area contributed by atoms with Crippen molar-refractivity contribution in [3.05, 3.63) is 29.3 Å². The maximum atomic E-state index is 12.7. The topological polar surface area (TPSA) is 33.3 Å². The van der Waals surface area contributed by atoms with Crippen molar-refractivity contribution in [2.24, 2.45) is 0 Å². The molecule has 0 spiro atoms. The van der Waals surface area contributed by atoms with Crippen LogP contribution in [-0.2, 0) is 10.9 Å². The lowest BCUT2D eigenvalue weighted by Gasteiger charge is -2.15. The third-order valence-corrected chi connectivity index (χ3v) is 3.42. The number of benzene rings is 1. The van der Waals surface area contributed by atoms with Crippen molar-refractivity contribution < 1.29 is 17.9 Å². The Kier molecular flexibility index (Phi) is 5.05. The normalized spacial score (nSPS) is 18.6. The molecule has 7 heteroatoms. The van der Waals surface area contributed by atoms with Crippen molar-refractivity contribution in [1.29, 1.82) is 0 Å². The Morgan fingerprint density at radius 1 is 1.38 bits per heavy atom. The average Bonchev–Trinajstić information content (AvgIpc) is 2.87. The maximum Gasteiger partial charge on any atom is 0.416 e. The highest BCUT2D eigenvalue weighted by atomic mass is 32.1. The summed E-state index contributed by atoms with van der Waals surface area (Å²) in [5.74, 6) is 0. The van der Waals surface area contributed by atoms with Gasteiger partial charge < -0.3 is 15.4 Å². The van der Waals surface area contributed by atoms with Crippen molar-refractivity contribution >= 4 is 23.0 Å². The Labute approximate surface area is 126 Å². The lowest BCUT2D eigenvalue weighted by molar-refractivity contribution is -0.137. The minimum atomic E-state index is -4.37. The molecule has 0 aliphatic carbocycles. The van der Waals surface area contributed by atoms with Crippen LogP contribution >= 0.6 is 12.2 Å². The Bertz CT molecular complexity index is 513. The fraction of sp³-hybridized carbons (Fsp3) is 0.500. The summed E-state index contributed by atoms with van der Waals surface area (Å²) >= 11 is 5.09. The Hall–Kier alpha value is -1.34. The van der Waals surface area contributed by atoms with Crippen LogP contribution in [0.4, 0.5) is 18.9 Å². The van der Waals surface area contributed by atoms with Gasteiger partial charge in [0.05, 0.1) is 11.7 Å². The molecule has 21 heavy (non-hydrogen) atoms. The standard InChI is InChI=1S/C14H17F3N2OS/c1-9-5-10(14(15,16)17)7-11(6-9)19-13(21)18-8-12-3-2-4-20-12/h5-7,12H,2-4,8H2,1H3,(H2,18,19,21)/t12-/m1/s1. The van der Waals surface area contributed by atoms with Crippen LogP contribution in [0.1, 0.15) is 24.0 Å². The van der Waals surface area contributed by atoms with Crippen LogP contribution in [0, 0.1) is 6.92 Å². The van der Waals surface area contributed by atoms with Crippen LogP contribution in [0.3, 0.4) is 0 Å². The van der Waals surface area contributed by atoms with E-state index in [1.807, 2.05) is 0 Å². The molecule has 2 N–H and O–H groups in total. The van der Waals surface area contributed by atoms with Crippen molar-refractivity contribution in [3.63, 3.8) is 0 Å². The zero-order valence-electron chi connectivity index (χ0n) is 11.6. The van der Waals surface area contributed by atoms with Crippen LogP contribution in [0.2, 0.25) is 0 Å². The first-order valence-electron chi connectivity index (χ1n) is 6.70. The first-order chi connectivity index (χ1) is 9.84. The molecule has 1 aromatic rings. The summed E-state index contributed by atoms with van der Waals surface area (Å²) in [6.07, 6.45) is -2.25. The van der Waals surface area contributed by atoms with E-state index in [9.17, 15) is 13.2 Å². The Balaban J connectivity index is 1.95. The van der Waals surface area contributed by atoms with E-state index in [2.05, 4.69) is 10.6 Å². The van der Waals surface area contributed by atoms with E-state index < -0.39 is 11.7 Å². The Morgan fingerprint density at radius 2 is 2.14 bits per heavy atom. The summed E-state index contributed by atoms with van der Waals surface area (Å²) < 4.78 is 43.7. The van der Waals surface area contributed by atoms with Gasteiger partial charge in [0.2, 0.25) is 0 Å². The lowest BCUT2D eigenvalue weighted by Crippen LogP contribution is -2.34. The summed E-state index contributed by atoms with van der Waals surface area (Å²) in [5, 5.41) is 6.04. The van der Waals surface area contributed by atoms with E-state index in [0.717, 1.165) is 31.6 Å². The number of rotatable bonds is 3. The van der Waals surface area contributed by atoms with Gasteiger partial charge in [-0.2, -0.15) is 13.2 Å². The number of thiocarbonyl (C=S) groups is 1. The quantitative estimate of drug-likeness (QED) is 0.836. The largest absolute Gasteiger partial charge is 0.416 e. The van der Waals surface area contributed by atoms with Crippen LogP contribution in [0.5, 0.6) is 0 Å². The molecule has 0 bridgehead atoms. The number of hydrogen-bond acceptors (Lipinski definition) is 2. The van der Waals surface area contributed by atoms with Gasteiger partial charge in [0.15, 0.2) is 5.11 Å². The van der Waals surface area contributed by atoms with Gasteiger partial charge in [-0.25, -0.2) is 0 Å². The van der Waals surface area contributed by atoms with Gasteiger partial charge in [0.1, 0.15) is 0 Å². The van der Waals surface area contributed by atoms with Crippen molar-refractivity contribution in [1.82, 2.24) is 5.32 Å². The van der Waals surface area contributed by atoms with Crippen molar-refractivity contribution in [2.45, 2.75) is 32.0 Å². The molecule has 1 heterocycles. The highest BCUT2D eigenvalue weighted by molar-refractivity contribution is 7.80. The minimum Gasteiger partial charge on any atom is -0.376 e. The van der Waals surface area contributed by atoms with E-state index in [0.29, 0.717) is 22.9 Å². The second-order valence-corrected chi connectivity index (χ2v) is 5.46. The number of aryl methyl sites for hydroxylation is 1. The highest BCUT2D eigenvalue weighted by Crippen LogP contribution is 2.31. The molecule has 1 aliphatic rings. The van der Waals surface area contributed by atoms with E-state index in [-0.39, 0.29) is 6.10 Å². The third kappa shape index (κ3) is 4.86. The zero-order chi connectivity index (χ0) is 15.5. The van der Waals surface area contributed by atoms with Gasteiger partial charge in [-0.1, -0.05) is 0 Å². The highest BCUT2D eigenvalue weighted by Gasteiger charge is 2.31. The van der Waals surface area contributed by atoms with Crippen LogP contribution in [-0.4, -0.2) is 24.4 Å². The summed E-state index contributed by atoms with van der Waals surface area (Å²) in [7, 11) is 0. The van der Waals surface area contributed by atoms with Crippen LogP contribution in [0.15, 0.2) is 18.2 Å². The smallest absolute Gasteiger partial charge is 0.376 e. The van der Waals surface area contributed by atoms with E-state index >= 15 is 0 Å². The number of ether oxygens (including phenoxy) is 1. The molecule has 3 nitrogen and oxygen atoms in total. The van der Waals surface area contributed by atoms with Crippen LogP contribution in [0.25, 0.3) is 0 Å². The fourth-order valence-corrected chi connectivity index (χ4v) is 2.41. The van der Waals surface area contributed by atoms with Gasteiger partial charge in [0.25, 0.3) is 0 Å². The first-order valence-corrected chi connectivity index (χ1v) is 7.11.